The second kappa shape index (κ2) is 12.7. The van der Waals surface area contributed by atoms with Crippen LogP contribution in [0.1, 0.15) is 73.5 Å². The number of ether oxygens (including phenoxy) is 1. The number of ketones is 1. The lowest BCUT2D eigenvalue weighted by Crippen LogP contribution is -2.43. The van der Waals surface area contributed by atoms with Crippen LogP contribution in [-0.4, -0.2) is 63.6 Å². The van der Waals surface area contributed by atoms with Crippen molar-refractivity contribution in [3.63, 3.8) is 0 Å². The van der Waals surface area contributed by atoms with Gasteiger partial charge in [-0.1, -0.05) is 12.1 Å². The highest BCUT2D eigenvalue weighted by atomic mass is 19.1. The number of hydrogen-bond donors (Lipinski definition) is 1. The summed E-state index contributed by atoms with van der Waals surface area (Å²) in [5.74, 6) is -0.521. The molecule has 1 aromatic heterocycles. The molecule has 1 saturated carbocycles. The number of aromatic nitrogens is 2. The largest absolute Gasteiger partial charge is 0.453 e. The fourth-order valence-corrected chi connectivity index (χ4v) is 6.72. The van der Waals surface area contributed by atoms with E-state index < -0.39 is 23.1 Å². The van der Waals surface area contributed by atoms with Crippen LogP contribution in [0.15, 0.2) is 39.9 Å². The monoisotopic (exact) mass is 633 g/mol. The maximum absolute atomic E-state index is 15.4. The Hall–Kier alpha value is -4.48. The number of piperidine rings is 1. The third-order valence-corrected chi connectivity index (χ3v) is 9.41. The number of carbonyl (C=O) groups is 3. The normalized spacial score (nSPS) is 18.1. The zero-order chi connectivity index (χ0) is 32.7. The number of halogens is 1. The van der Waals surface area contributed by atoms with Gasteiger partial charge in [-0.25, -0.2) is 18.8 Å². The molecule has 2 fully saturated rings. The fourth-order valence-electron chi connectivity index (χ4n) is 6.72. The SMILES string of the molecule is COC(=O)N1CCc2cc(C(=O)CC3CCCN(C(=O)Nc4cc5c(=O)n(CC6CC6)c(=O)n(C(C)C)c5cc4F)C3)ccc2C1. The third-order valence-electron chi connectivity index (χ3n) is 9.41. The Morgan fingerprint density at radius 2 is 1.78 bits per heavy atom. The molecule has 0 radical (unpaired) electrons. The summed E-state index contributed by atoms with van der Waals surface area (Å²) < 4.78 is 22.9. The van der Waals surface area contributed by atoms with E-state index in [0.29, 0.717) is 51.1 Å². The molecule has 3 heterocycles. The van der Waals surface area contributed by atoms with Gasteiger partial charge in [-0.3, -0.25) is 18.7 Å². The van der Waals surface area contributed by atoms with Crippen molar-refractivity contribution in [3.8, 4) is 0 Å². The van der Waals surface area contributed by atoms with Crippen LogP contribution in [0.4, 0.5) is 19.7 Å². The van der Waals surface area contributed by atoms with Crippen molar-refractivity contribution in [2.45, 2.75) is 71.5 Å². The standard InChI is InChI=1S/C34H40FN5O6/c1-20(2)40-29-16-27(35)28(15-26(29)31(42)39(33(40)44)18-21-6-7-21)36-32(43)37-11-4-5-22(17-37)13-30(41)24-8-9-25-19-38(34(45)46-3)12-10-23(25)14-24/h8-9,14-16,20-22H,4-7,10-13,17-19H2,1-3H3,(H,36,43). The van der Waals surface area contributed by atoms with E-state index in [9.17, 15) is 24.0 Å². The fraction of sp³-hybridized carbons (Fsp3) is 0.500. The summed E-state index contributed by atoms with van der Waals surface area (Å²) in [7, 11) is 1.36. The Balaban J connectivity index is 1.15. The minimum atomic E-state index is -0.736. The summed E-state index contributed by atoms with van der Waals surface area (Å²) in [6.45, 7) is 5.71. The number of methoxy groups -OCH3 is 1. The summed E-state index contributed by atoms with van der Waals surface area (Å²) >= 11 is 0. The van der Waals surface area contributed by atoms with Crippen LogP contribution in [0.5, 0.6) is 0 Å². The third kappa shape index (κ3) is 6.29. The molecule has 0 bridgehead atoms. The van der Waals surface area contributed by atoms with E-state index in [1.807, 2.05) is 26.0 Å². The molecule has 6 rings (SSSR count). The van der Waals surface area contributed by atoms with Crippen LogP contribution < -0.4 is 16.6 Å². The van der Waals surface area contributed by atoms with E-state index in [2.05, 4.69) is 5.32 Å². The van der Waals surface area contributed by atoms with Gasteiger partial charge in [-0.2, -0.15) is 0 Å². The number of rotatable bonds is 7. The first-order chi connectivity index (χ1) is 22.0. The summed E-state index contributed by atoms with van der Waals surface area (Å²) in [4.78, 5) is 68.3. The minimum Gasteiger partial charge on any atom is -0.453 e. The molecular weight excluding hydrogens is 593 g/mol. The molecule has 1 unspecified atom stereocenters. The number of nitrogens with zero attached hydrogens (tertiary/aromatic N) is 4. The van der Waals surface area contributed by atoms with E-state index in [0.717, 1.165) is 36.5 Å². The van der Waals surface area contributed by atoms with E-state index in [-0.39, 0.29) is 52.8 Å². The molecule has 1 atom stereocenters. The predicted octanol–water partition coefficient (Wildman–Crippen LogP) is 4.93. The number of likely N-dealkylation sites (tertiary alicyclic amines) is 1. The summed E-state index contributed by atoms with van der Waals surface area (Å²) in [5, 5.41) is 2.82. The predicted molar refractivity (Wildman–Crippen MR) is 171 cm³/mol. The smallest absolute Gasteiger partial charge is 0.409 e. The van der Waals surface area contributed by atoms with Gasteiger partial charge in [0.05, 0.1) is 23.7 Å². The van der Waals surface area contributed by atoms with Crippen molar-refractivity contribution < 1.29 is 23.5 Å². The first kappa shape index (κ1) is 31.5. The van der Waals surface area contributed by atoms with E-state index in [4.69, 9.17) is 4.74 Å². The highest BCUT2D eigenvalue weighted by molar-refractivity contribution is 5.97. The maximum Gasteiger partial charge on any atom is 0.409 e. The lowest BCUT2D eigenvalue weighted by atomic mass is 9.89. The molecule has 3 amide bonds. The van der Waals surface area contributed by atoms with Gasteiger partial charge in [-0.15, -0.1) is 0 Å². The van der Waals surface area contributed by atoms with Crippen LogP contribution in [0.2, 0.25) is 0 Å². The summed E-state index contributed by atoms with van der Waals surface area (Å²) in [6, 6.07) is 7.25. The van der Waals surface area contributed by atoms with Gasteiger partial charge in [0.25, 0.3) is 5.56 Å². The average molecular weight is 634 g/mol. The van der Waals surface area contributed by atoms with Crippen LogP contribution in [0.25, 0.3) is 10.9 Å². The molecule has 1 saturated heterocycles. The second-order valence-electron chi connectivity index (χ2n) is 13.1. The topological polar surface area (TPSA) is 123 Å². The molecule has 1 aliphatic carbocycles. The lowest BCUT2D eigenvalue weighted by molar-refractivity contribution is 0.0930. The molecule has 0 spiro atoms. The van der Waals surface area contributed by atoms with Gasteiger partial charge >= 0.3 is 17.8 Å². The number of anilines is 1. The van der Waals surface area contributed by atoms with Crippen LogP contribution in [-0.2, 0) is 24.2 Å². The van der Waals surface area contributed by atoms with Gasteiger partial charge in [0.15, 0.2) is 5.78 Å². The van der Waals surface area contributed by atoms with Gasteiger partial charge in [0.2, 0.25) is 0 Å². The van der Waals surface area contributed by atoms with Gasteiger partial charge in [-0.05, 0) is 81.0 Å². The first-order valence-electron chi connectivity index (χ1n) is 16.1. The number of nitrogens with one attached hydrogen (secondary N) is 1. The number of carbonyl (C=O) groups excluding carboxylic acids is 3. The van der Waals surface area contributed by atoms with Crippen LogP contribution in [0, 0.1) is 17.7 Å². The molecule has 46 heavy (non-hydrogen) atoms. The highest BCUT2D eigenvalue weighted by Crippen LogP contribution is 2.30. The van der Waals surface area contributed by atoms with Crippen molar-refractivity contribution in [3.05, 3.63) is 73.7 Å². The van der Waals surface area contributed by atoms with Crippen molar-refractivity contribution >= 4 is 34.5 Å². The van der Waals surface area contributed by atoms with Crippen molar-refractivity contribution in [1.82, 2.24) is 18.9 Å². The van der Waals surface area contributed by atoms with Gasteiger partial charge < -0.3 is 19.9 Å². The quantitative estimate of drug-likeness (QED) is 0.368. The Morgan fingerprint density at radius 3 is 2.50 bits per heavy atom. The maximum atomic E-state index is 15.4. The molecule has 2 aromatic carbocycles. The molecular formula is C34H40FN5O6. The number of benzene rings is 2. The van der Waals surface area contributed by atoms with Crippen molar-refractivity contribution in [2.75, 3.05) is 32.1 Å². The van der Waals surface area contributed by atoms with Crippen molar-refractivity contribution in [2.24, 2.45) is 11.8 Å². The number of urea groups is 1. The Bertz CT molecular complexity index is 1830. The number of amides is 3. The molecule has 12 heteroatoms. The average Bonchev–Trinajstić information content (AvgIpc) is 3.87. The lowest BCUT2D eigenvalue weighted by Gasteiger charge is -2.32. The number of hydrogen-bond acceptors (Lipinski definition) is 6. The zero-order valence-electron chi connectivity index (χ0n) is 26.5. The van der Waals surface area contributed by atoms with Crippen molar-refractivity contribution in [1.29, 1.82) is 0 Å². The first-order valence-corrected chi connectivity index (χ1v) is 16.1. The molecule has 3 aliphatic rings. The van der Waals surface area contributed by atoms with Crippen LogP contribution in [0.3, 0.4) is 0 Å². The Morgan fingerprint density at radius 1 is 1.00 bits per heavy atom. The summed E-state index contributed by atoms with van der Waals surface area (Å²) in [6.07, 6.45) is 3.95. The number of Topliss-reactive ketones (excluding diaryl/α,β-unsaturated/α-hetero) is 1. The highest BCUT2D eigenvalue weighted by Gasteiger charge is 2.29. The van der Waals surface area contributed by atoms with Gasteiger partial charge in [0, 0.05) is 56.8 Å². The molecule has 3 aromatic rings. The van der Waals surface area contributed by atoms with E-state index >= 15 is 4.39 Å². The second-order valence-corrected chi connectivity index (χ2v) is 13.1. The van der Waals surface area contributed by atoms with E-state index in [1.165, 1.54) is 22.3 Å². The molecule has 11 nitrogen and oxygen atoms in total. The minimum absolute atomic E-state index is 0.00953. The molecule has 244 valence electrons. The van der Waals surface area contributed by atoms with Gasteiger partial charge in [0.1, 0.15) is 5.82 Å². The van der Waals surface area contributed by atoms with E-state index in [1.54, 1.807) is 15.9 Å². The Kier molecular flexibility index (Phi) is 8.71. The number of fused-ring (bicyclic) bond motifs is 2. The van der Waals surface area contributed by atoms with Crippen LogP contribution >= 0.6 is 0 Å². The zero-order valence-corrected chi connectivity index (χ0v) is 26.5. The molecule has 1 N–H and O–H groups in total. The summed E-state index contributed by atoms with van der Waals surface area (Å²) in [5.41, 5.74) is 1.77. The molecule has 2 aliphatic heterocycles. The Labute approximate surface area is 265 Å².